The van der Waals surface area contributed by atoms with Crippen LogP contribution in [-0.4, -0.2) is 53.3 Å². The highest BCUT2D eigenvalue weighted by atomic mass is 16.5. The standard InChI is InChI=1S/C22H24N2O7/c1-13(23-14(2)25)22(30)24-18(11-20(27)28)19(26)12-31-21(29)10-16-8-5-7-15-6-3-4-9-17(15)16/h3-9,13,18H,10-12H2,1-2H3,(H,23,25)(H,24,30)(H,27,28). The lowest BCUT2D eigenvalue weighted by Gasteiger charge is -2.19. The molecule has 0 aliphatic carbocycles. The van der Waals surface area contributed by atoms with Crippen LogP contribution in [0.1, 0.15) is 25.8 Å². The van der Waals surface area contributed by atoms with Crippen LogP contribution in [0, 0.1) is 0 Å². The van der Waals surface area contributed by atoms with Crippen molar-refractivity contribution in [3.63, 3.8) is 0 Å². The van der Waals surface area contributed by atoms with Crippen LogP contribution >= 0.6 is 0 Å². The fraction of sp³-hybridized carbons (Fsp3) is 0.318. The number of benzene rings is 2. The average Bonchev–Trinajstić information content (AvgIpc) is 2.71. The highest BCUT2D eigenvalue weighted by Gasteiger charge is 2.27. The fourth-order valence-electron chi connectivity index (χ4n) is 2.99. The van der Waals surface area contributed by atoms with Crippen LogP contribution in [0.4, 0.5) is 0 Å². The van der Waals surface area contributed by atoms with Crippen molar-refractivity contribution < 1.29 is 33.8 Å². The predicted molar refractivity (Wildman–Crippen MR) is 111 cm³/mol. The normalized spacial score (nSPS) is 12.5. The van der Waals surface area contributed by atoms with E-state index in [-0.39, 0.29) is 6.42 Å². The minimum absolute atomic E-state index is 0.0653. The topological polar surface area (TPSA) is 139 Å². The molecule has 31 heavy (non-hydrogen) atoms. The summed E-state index contributed by atoms with van der Waals surface area (Å²) >= 11 is 0. The van der Waals surface area contributed by atoms with Crippen LogP contribution in [0.25, 0.3) is 10.8 Å². The smallest absolute Gasteiger partial charge is 0.310 e. The molecule has 0 aromatic heterocycles. The quantitative estimate of drug-likeness (QED) is 0.479. The molecule has 2 unspecified atom stereocenters. The SMILES string of the molecule is CC(=O)NC(C)C(=O)NC(CC(=O)O)C(=O)COC(=O)Cc1cccc2ccccc12. The van der Waals surface area contributed by atoms with Gasteiger partial charge < -0.3 is 20.5 Å². The van der Waals surface area contributed by atoms with Gasteiger partial charge in [0, 0.05) is 6.92 Å². The molecule has 3 N–H and O–H groups in total. The van der Waals surface area contributed by atoms with E-state index in [4.69, 9.17) is 9.84 Å². The third-order valence-electron chi connectivity index (χ3n) is 4.49. The number of carbonyl (C=O) groups is 5. The summed E-state index contributed by atoms with van der Waals surface area (Å²) in [5.74, 6) is -3.91. The minimum atomic E-state index is -1.40. The Kier molecular flexibility index (Phi) is 8.25. The maximum absolute atomic E-state index is 12.4. The van der Waals surface area contributed by atoms with Gasteiger partial charge in [0.1, 0.15) is 12.1 Å². The van der Waals surface area contributed by atoms with E-state index in [1.165, 1.54) is 13.8 Å². The van der Waals surface area contributed by atoms with Crippen LogP contribution in [0.3, 0.4) is 0 Å². The molecular formula is C22H24N2O7. The van der Waals surface area contributed by atoms with Gasteiger partial charge in [-0.05, 0) is 23.3 Å². The number of fused-ring (bicyclic) bond motifs is 1. The Morgan fingerprint density at radius 3 is 2.35 bits per heavy atom. The summed E-state index contributed by atoms with van der Waals surface area (Å²) in [6.07, 6.45) is -0.748. The monoisotopic (exact) mass is 428 g/mol. The number of rotatable bonds is 10. The van der Waals surface area contributed by atoms with E-state index in [2.05, 4.69) is 10.6 Å². The first-order valence-electron chi connectivity index (χ1n) is 9.61. The van der Waals surface area contributed by atoms with Crippen LogP contribution < -0.4 is 10.6 Å². The molecule has 2 aromatic carbocycles. The number of nitrogens with one attached hydrogen (secondary N) is 2. The molecule has 0 spiro atoms. The second-order valence-electron chi connectivity index (χ2n) is 7.02. The Morgan fingerprint density at radius 2 is 1.68 bits per heavy atom. The molecule has 9 heteroatoms. The van der Waals surface area contributed by atoms with E-state index in [9.17, 15) is 24.0 Å². The van der Waals surface area contributed by atoms with Crippen molar-refractivity contribution in [2.45, 2.75) is 38.8 Å². The first-order chi connectivity index (χ1) is 14.7. The Hall–Kier alpha value is -3.75. The number of ether oxygens (including phenoxy) is 1. The lowest BCUT2D eigenvalue weighted by atomic mass is 10.0. The Bertz CT molecular complexity index is 997. The van der Waals surface area contributed by atoms with E-state index >= 15 is 0 Å². The zero-order valence-corrected chi connectivity index (χ0v) is 17.2. The Balaban J connectivity index is 1.97. The number of amides is 2. The van der Waals surface area contributed by atoms with Gasteiger partial charge in [0.25, 0.3) is 0 Å². The van der Waals surface area contributed by atoms with E-state index in [0.29, 0.717) is 0 Å². The minimum Gasteiger partial charge on any atom is -0.481 e. The second kappa shape index (κ2) is 10.9. The molecule has 0 aliphatic heterocycles. The van der Waals surface area contributed by atoms with Crippen molar-refractivity contribution in [2.75, 3.05) is 6.61 Å². The third-order valence-corrected chi connectivity index (χ3v) is 4.49. The highest BCUT2D eigenvalue weighted by molar-refractivity contribution is 5.96. The molecule has 2 aromatic rings. The molecule has 2 rings (SSSR count). The lowest BCUT2D eigenvalue weighted by molar-refractivity contribution is -0.148. The van der Waals surface area contributed by atoms with Crippen LogP contribution in [0.2, 0.25) is 0 Å². The van der Waals surface area contributed by atoms with E-state index in [1.54, 1.807) is 6.07 Å². The van der Waals surface area contributed by atoms with Crippen molar-refractivity contribution >= 4 is 40.3 Å². The van der Waals surface area contributed by atoms with Crippen molar-refractivity contribution in [3.05, 3.63) is 48.0 Å². The summed E-state index contributed by atoms with van der Waals surface area (Å²) in [4.78, 5) is 58.8. The first kappa shape index (κ1) is 23.5. The van der Waals surface area contributed by atoms with Gasteiger partial charge in [-0.15, -0.1) is 0 Å². The van der Waals surface area contributed by atoms with E-state index < -0.39 is 54.6 Å². The zero-order valence-electron chi connectivity index (χ0n) is 17.2. The first-order valence-corrected chi connectivity index (χ1v) is 9.61. The Labute approximate surface area is 178 Å². The average molecular weight is 428 g/mol. The van der Waals surface area contributed by atoms with Crippen molar-refractivity contribution in [3.8, 4) is 0 Å². The number of carbonyl (C=O) groups excluding carboxylic acids is 4. The summed E-state index contributed by atoms with van der Waals surface area (Å²) in [5.41, 5.74) is 0.732. The zero-order chi connectivity index (χ0) is 23.0. The molecule has 0 bridgehead atoms. The van der Waals surface area contributed by atoms with Crippen LogP contribution in [0.15, 0.2) is 42.5 Å². The summed E-state index contributed by atoms with van der Waals surface area (Å²) in [5, 5.41) is 15.5. The number of hydrogen-bond donors (Lipinski definition) is 3. The van der Waals surface area contributed by atoms with Gasteiger partial charge in [-0.3, -0.25) is 24.0 Å². The summed E-state index contributed by atoms with van der Waals surface area (Å²) < 4.78 is 5.02. The Morgan fingerprint density at radius 1 is 1.00 bits per heavy atom. The highest BCUT2D eigenvalue weighted by Crippen LogP contribution is 2.19. The molecule has 0 radical (unpaired) electrons. The number of carboxylic acid groups (broad SMARTS) is 1. The maximum Gasteiger partial charge on any atom is 0.310 e. The van der Waals surface area contributed by atoms with E-state index in [1.807, 2.05) is 36.4 Å². The van der Waals surface area contributed by atoms with Crippen LogP contribution in [0.5, 0.6) is 0 Å². The van der Waals surface area contributed by atoms with Crippen LogP contribution in [-0.2, 0) is 35.1 Å². The lowest BCUT2D eigenvalue weighted by Crippen LogP contribution is -2.51. The fourth-order valence-corrected chi connectivity index (χ4v) is 2.99. The summed E-state index contributed by atoms with van der Waals surface area (Å²) in [6.45, 7) is 1.93. The molecule has 0 saturated carbocycles. The van der Waals surface area contributed by atoms with Gasteiger partial charge in [0.2, 0.25) is 11.8 Å². The molecule has 0 fully saturated rings. The van der Waals surface area contributed by atoms with Gasteiger partial charge in [-0.2, -0.15) is 0 Å². The van der Waals surface area contributed by atoms with Gasteiger partial charge in [-0.1, -0.05) is 42.5 Å². The van der Waals surface area contributed by atoms with Crippen molar-refractivity contribution in [2.24, 2.45) is 0 Å². The molecule has 0 saturated heterocycles. The molecule has 2 amide bonds. The van der Waals surface area contributed by atoms with Gasteiger partial charge in [0.15, 0.2) is 12.4 Å². The largest absolute Gasteiger partial charge is 0.481 e. The third kappa shape index (κ3) is 7.22. The number of aliphatic carboxylic acids is 1. The molecule has 2 atom stereocenters. The molecule has 0 aliphatic rings. The van der Waals surface area contributed by atoms with Gasteiger partial charge >= 0.3 is 11.9 Å². The molecular weight excluding hydrogens is 404 g/mol. The number of hydrogen-bond acceptors (Lipinski definition) is 6. The number of esters is 1. The maximum atomic E-state index is 12.4. The van der Waals surface area contributed by atoms with Gasteiger partial charge in [0.05, 0.1) is 12.8 Å². The second-order valence-corrected chi connectivity index (χ2v) is 7.02. The number of ketones is 1. The molecule has 0 heterocycles. The molecule has 164 valence electrons. The van der Waals surface area contributed by atoms with Crippen molar-refractivity contribution in [1.29, 1.82) is 0 Å². The number of Topliss-reactive ketones (excluding diaryl/α,β-unsaturated/α-hetero) is 1. The van der Waals surface area contributed by atoms with E-state index in [0.717, 1.165) is 16.3 Å². The predicted octanol–water partition coefficient (Wildman–Crippen LogP) is 0.979. The molecule has 9 nitrogen and oxygen atoms in total. The number of carboxylic acids is 1. The van der Waals surface area contributed by atoms with Crippen molar-refractivity contribution in [1.82, 2.24) is 10.6 Å². The van der Waals surface area contributed by atoms with Gasteiger partial charge in [-0.25, -0.2) is 0 Å². The summed E-state index contributed by atoms with van der Waals surface area (Å²) in [7, 11) is 0. The summed E-state index contributed by atoms with van der Waals surface area (Å²) in [6, 6.07) is 10.7.